The van der Waals surface area contributed by atoms with Crippen molar-refractivity contribution in [1.29, 1.82) is 0 Å². The zero-order valence-corrected chi connectivity index (χ0v) is 30.1. The van der Waals surface area contributed by atoms with Crippen LogP contribution in [0.3, 0.4) is 0 Å². The molecule has 6 heteroatoms. The fraction of sp³-hybridized carbons (Fsp3) is 0.163. The predicted molar refractivity (Wildman–Crippen MR) is 205 cm³/mol. The molecule has 0 N–H and O–H groups in total. The molecule has 0 saturated carbocycles. The van der Waals surface area contributed by atoms with Crippen LogP contribution in [0.1, 0.15) is 28.7 Å². The average Bonchev–Trinajstić information content (AvgIpc) is 3.21. The first kappa shape index (κ1) is 32.9. The summed E-state index contributed by atoms with van der Waals surface area (Å²) in [5.74, 6) is 1.19. The number of ether oxygens (including phenoxy) is 2. The molecule has 0 unspecified atom stereocenters. The maximum absolute atomic E-state index is 16.2. The lowest BCUT2D eigenvalue weighted by Gasteiger charge is -2.28. The predicted octanol–water partition coefficient (Wildman–Crippen LogP) is 8.03. The summed E-state index contributed by atoms with van der Waals surface area (Å²) in [4.78, 5) is 0. The van der Waals surface area contributed by atoms with Gasteiger partial charge in [0.05, 0.1) is 13.2 Å². The molecule has 49 heavy (non-hydrogen) atoms. The van der Waals surface area contributed by atoms with Crippen LogP contribution in [-0.2, 0) is 9.13 Å². The van der Waals surface area contributed by atoms with Crippen LogP contribution in [0.4, 0.5) is 0 Å². The summed E-state index contributed by atoms with van der Waals surface area (Å²) in [6.45, 7) is 8.97. The highest BCUT2D eigenvalue weighted by Crippen LogP contribution is 2.53. The quantitative estimate of drug-likeness (QED) is 0.167. The molecule has 6 aromatic rings. The van der Waals surface area contributed by atoms with E-state index in [-0.39, 0.29) is 0 Å². The van der Waals surface area contributed by atoms with Crippen LogP contribution in [0.2, 0.25) is 0 Å². The zero-order chi connectivity index (χ0) is 34.2. The monoisotopic (exact) mass is 682 g/mol. The zero-order valence-electron chi connectivity index (χ0n) is 28.4. The van der Waals surface area contributed by atoms with Crippen molar-refractivity contribution in [3.8, 4) is 22.6 Å². The van der Waals surface area contributed by atoms with Gasteiger partial charge >= 0.3 is 0 Å². The Balaban J connectivity index is 1.62. The molecule has 0 aliphatic carbocycles. The highest BCUT2D eigenvalue weighted by molar-refractivity contribution is 7.86. The minimum atomic E-state index is -3.53. The van der Waals surface area contributed by atoms with Crippen molar-refractivity contribution in [2.75, 3.05) is 13.2 Å². The Hall–Kier alpha value is -4.62. The van der Waals surface area contributed by atoms with E-state index in [0.29, 0.717) is 52.9 Å². The molecular weight excluding hydrogens is 642 g/mol. The number of hydrogen-bond donors (Lipinski definition) is 0. The molecule has 246 valence electrons. The van der Waals surface area contributed by atoms with Crippen molar-refractivity contribution in [3.05, 3.63) is 156 Å². The van der Waals surface area contributed by atoms with E-state index in [4.69, 9.17) is 9.47 Å². The summed E-state index contributed by atoms with van der Waals surface area (Å²) < 4.78 is 45.5. The van der Waals surface area contributed by atoms with Gasteiger partial charge in [0.25, 0.3) is 0 Å². The third-order valence-electron chi connectivity index (χ3n) is 9.33. The maximum atomic E-state index is 16.2. The van der Waals surface area contributed by atoms with Gasteiger partial charge in [0, 0.05) is 49.4 Å². The number of benzene rings is 6. The van der Waals surface area contributed by atoms with Gasteiger partial charge in [-0.3, -0.25) is 0 Å². The molecule has 0 bridgehead atoms. The average molecular weight is 683 g/mol. The van der Waals surface area contributed by atoms with E-state index in [1.807, 2.05) is 161 Å². The van der Waals surface area contributed by atoms with Crippen molar-refractivity contribution in [1.82, 2.24) is 0 Å². The first-order valence-electron chi connectivity index (χ1n) is 16.7. The molecule has 1 heterocycles. The molecule has 0 aromatic heterocycles. The van der Waals surface area contributed by atoms with Crippen molar-refractivity contribution >= 4 is 46.1 Å². The summed E-state index contributed by atoms with van der Waals surface area (Å²) in [7, 11) is -7.07. The molecule has 0 radical (unpaired) electrons. The molecular formula is C43H40O4P2. The second-order valence-corrected chi connectivity index (χ2v) is 18.4. The lowest BCUT2D eigenvalue weighted by atomic mass is 10.0. The molecule has 0 amide bonds. The van der Waals surface area contributed by atoms with Crippen molar-refractivity contribution in [2.24, 2.45) is 0 Å². The normalized spacial score (nSPS) is 13.1. The SMILES string of the molecule is Cc1ccc(P(=O)(c2ccc(C)cc2)c2cccc3c2-c2c(cccc2P(=O)(c2ccc(C)cc2)c2ccc(C)cc2)OCCCO3)cc1. The maximum Gasteiger partial charge on any atom is 0.171 e. The summed E-state index contributed by atoms with van der Waals surface area (Å²) in [6, 6.07) is 43.4. The minimum absolute atomic E-state index is 0.423. The first-order valence-corrected chi connectivity index (χ1v) is 20.1. The van der Waals surface area contributed by atoms with Gasteiger partial charge in [-0.1, -0.05) is 131 Å². The number of aryl methyl sites for hydroxylation is 4. The Kier molecular flexibility index (Phi) is 8.97. The molecule has 0 fully saturated rings. The Bertz CT molecular complexity index is 1960. The van der Waals surface area contributed by atoms with Gasteiger partial charge in [-0.05, 0) is 52.0 Å². The number of hydrogen-bond acceptors (Lipinski definition) is 4. The van der Waals surface area contributed by atoms with Gasteiger partial charge in [0.2, 0.25) is 0 Å². The Morgan fingerprint density at radius 1 is 0.408 bits per heavy atom. The van der Waals surface area contributed by atoms with E-state index in [1.165, 1.54) is 0 Å². The largest absolute Gasteiger partial charge is 0.493 e. The van der Waals surface area contributed by atoms with Crippen LogP contribution in [0.5, 0.6) is 11.5 Å². The van der Waals surface area contributed by atoms with Crippen molar-refractivity contribution < 1.29 is 18.6 Å². The van der Waals surface area contributed by atoms with Crippen LogP contribution in [0.15, 0.2) is 133 Å². The topological polar surface area (TPSA) is 52.6 Å². The van der Waals surface area contributed by atoms with Crippen LogP contribution in [0, 0.1) is 27.7 Å². The van der Waals surface area contributed by atoms with Gasteiger partial charge in [0.1, 0.15) is 11.5 Å². The van der Waals surface area contributed by atoms with E-state index >= 15 is 9.13 Å². The van der Waals surface area contributed by atoms with Crippen molar-refractivity contribution in [3.63, 3.8) is 0 Å². The first-order chi connectivity index (χ1) is 23.7. The van der Waals surface area contributed by atoms with Crippen LogP contribution in [-0.4, -0.2) is 13.2 Å². The fourth-order valence-corrected chi connectivity index (χ4v) is 12.3. The third kappa shape index (κ3) is 5.99. The molecule has 0 saturated heterocycles. The molecule has 1 aliphatic heterocycles. The standard InChI is InChI=1S/C43H40O4P2/c1-30-12-20-34(21-13-30)48(44,35-22-14-31(2)15-23-35)40-10-5-8-38-42(40)43-39(47-29-7-28-46-38)9-6-11-41(43)49(45,36-24-16-32(3)17-25-36)37-26-18-33(4)19-27-37/h5-6,8-27H,7,28-29H2,1-4H3. The van der Waals surface area contributed by atoms with E-state index in [9.17, 15) is 0 Å². The summed E-state index contributed by atoms with van der Waals surface area (Å²) in [5.41, 5.74) is 5.64. The minimum Gasteiger partial charge on any atom is -0.493 e. The molecule has 0 spiro atoms. The summed E-state index contributed by atoms with van der Waals surface area (Å²) in [5, 5.41) is 4.12. The lowest BCUT2D eigenvalue weighted by molar-refractivity contribution is 0.252. The molecule has 0 atom stereocenters. The van der Waals surface area contributed by atoms with Gasteiger partial charge in [0.15, 0.2) is 14.3 Å². The fourth-order valence-electron chi connectivity index (χ4n) is 6.60. The van der Waals surface area contributed by atoms with E-state index in [1.54, 1.807) is 0 Å². The Labute approximate surface area is 289 Å². The highest BCUT2D eigenvalue weighted by atomic mass is 31.2. The van der Waals surface area contributed by atoms with Gasteiger partial charge < -0.3 is 18.6 Å². The third-order valence-corrected chi connectivity index (χ3v) is 15.5. The second-order valence-electron chi connectivity index (χ2n) is 12.9. The smallest absolute Gasteiger partial charge is 0.171 e. The Morgan fingerprint density at radius 2 is 0.694 bits per heavy atom. The second kappa shape index (κ2) is 13.4. The van der Waals surface area contributed by atoms with Crippen LogP contribution < -0.4 is 41.3 Å². The summed E-state index contributed by atoms with van der Waals surface area (Å²) in [6.07, 6.45) is 0.661. The molecule has 1 aliphatic rings. The van der Waals surface area contributed by atoms with Gasteiger partial charge in [-0.2, -0.15) is 0 Å². The molecule has 6 aromatic carbocycles. The van der Waals surface area contributed by atoms with Crippen molar-refractivity contribution in [2.45, 2.75) is 34.1 Å². The number of fused-ring (bicyclic) bond motifs is 3. The summed E-state index contributed by atoms with van der Waals surface area (Å²) >= 11 is 0. The lowest BCUT2D eigenvalue weighted by Crippen LogP contribution is -2.30. The van der Waals surface area contributed by atoms with E-state index in [0.717, 1.165) is 43.5 Å². The highest BCUT2D eigenvalue weighted by Gasteiger charge is 2.39. The van der Waals surface area contributed by atoms with E-state index < -0.39 is 14.3 Å². The molecule has 7 rings (SSSR count). The van der Waals surface area contributed by atoms with Crippen LogP contribution in [0.25, 0.3) is 11.1 Å². The van der Waals surface area contributed by atoms with Gasteiger partial charge in [-0.15, -0.1) is 0 Å². The van der Waals surface area contributed by atoms with Gasteiger partial charge in [-0.25, -0.2) is 0 Å². The Morgan fingerprint density at radius 3 is 0.980 bits per heavy atom. The molecule has 4 nitrogen and oxygen atoms in total. The van der Waals surface area contributed by atoms with Crippen LogP contribution >= 0.6 is 14.3 Å². The van der Waals surface area contributed by atoms with E-state index in [2.05, 4.69) is 0 Å². The number of rotatable bonds is 6.